The maximum absolute atomic E-state index is 7.49. The summed E-state index contributed by atoms with van der Waals surface area (Å²) < 4.78 is 0. The Hall–Kier alpha value is -0.0951. The van der Waals surface area contributed by atoms with Gasteiger partial charge in [0.2, 0.25) is 0 Å². The number of hydrogen-bond donors (Lipinski definition) is 1. The van der Waals surface area contributed by atoms with Gasteiger partial charge in [-0.2, -0.15) is 0 Å². The minimum Gasteiger partial charge on any atom is -0.268 e. The summed E-state index contributed by atoms with van der Waals surface area (Å²) in [6.45, 7) is 0. The van der Waals surface area contributed by atoms with Gasteiger partial charge in [-0.05, 0) is 0 Å². The highest BCUT2D eigenvalue weighted by atomic mass is 17.2. The summed E-state index contributed by atoms with van der Waals surface area (Å²) in [5.74, 6) is 0. The fraction of sp³-hybridized carbons (Fsp3) is 1.00. The van der Waals surface area contributed by atoms with Crippen LogP contribution in [0.1, 0.15) is 0 Å². The Morgan fingerprint density at radius 3 is 2.50 bits per heavy atom. The fourth-order valence-electron chi connectivity index (χ4n) is 0.0696. The van der Waals surface area contributed by atoms with Crippen molar-refractivity contribution in [2.75, 3.05) is 7.11 Å². The van der Waals surface area contributed by atoms with Gasteiger partial charge in [-0.15, -0.1) is 0 Å². The molecule has 0 spiro atoms. The van der Waals surface area contributed by atoms with E-state index in [1.54, 1.807) is 0 Å². The van der Waals surface area contributed by atoms with Crippen LogP contribution in [0.15, 0.2) is 0 Å². The van der Waals surface area contributed by atoms with E-state index >= 15 is 0 Å². The van der Waals surface area contributed by atoms with Gasteiger partial charge in [0.05, 0.1) is 7.11 Å². The second kappa shape index (κ2) is 4.90. The molecule has 0 fully saturated rings. The topological polar surface area (TPSA) is 47.9 Å². The SMILES string of the molecule is COOBOO. The van der Waals surface area contributed by atoms with Gasteiger partial charge in [0.25, 0.3) is 0 Å². The van der Waals surface area contributed by atoms with Crippen LogP contribution in [0, 0.1) is 0 Å². The van der Waals surface area contributed by atoms with E-state index in [1.165, 1.54) is 7.11 Å². The molecule has 0 unspecified atom stereocenters. The third-order valence-electron chi connectivity index (χ3n) is 0.219. The molecular weight excluding hydrogens is 86.8 g/mol. The van der Waals surface area contributed by atoms with Gasteiger partial charge in [0.15, 0.2) is 0 Å². The Morgan fingerprint density at radius 1 is 1.67 bits per heavy atom. The maximum atomic E-state index is 7.49. The smallest absolute Gasteiger partial charge is 0.268 e. The predicted molar refractivity (Wildman–Crippen MR) is 19.0 cm³/mol. The van der Waals surface area contributed by atoms with Crippen LogP contribution in [-0.4, -0.2) is 20.1 Å². The lowest BCUT2D eigenvalue weighted by atomic mass is 10.4. The van der Waals surface area contributed by atoms with Crippen LogP contribution in [0.25, 0.3) is 0 Å². The highest BCUT2D eigenvalue weighted by molar-refractivity contribution is 6.16. The first-order valence-corrected chi connectivity index (χ1v) is 1.33. The summed E-state index contributed by atoms with van der Waals surface area (Å²) in [6, 6.07) is 0. The van der Waals surface area contributed by atoms with E-state index in [4.69, 9.17) is 5.26 Å². The van der Waals surface area contributed by atoms with E-state index < -0.39 is 0 Å². The van der Waals surface area contributed by atoms with Gasteiger partial charge < -0.3 is 0 Å². The van der Waals surface area contributed by atoms with Gasteiger partial charge in [-0.25, -0.2) is 0 Å². The standard InChI is InChI=1S/CH5BO4/c1-4-6-2-5-3/h2-3H,1H3. The summed E-state index contributed by atoms with van der Waals surface area (Å²) in [4.78, 5) is 11.4. The molecule has 0 aromatic carbocycles. The van der Waals surface area contributed by atoms with Gasteiger partial charge in [-0.1, -0.05) is 0 Å². The molecule has 4 nitrogen and oxygen atoms in total. The van der Waals surface area contributed by atoms with Crippen LogP contribution < -0.4 is 0 Å². The zero-order valence-corrected chi connectivity index (χ0v) is 3.38. The van der Waals surface area contributed by atoms with Crippen molar-refractivity contribution in [3.8, 4) is 0 Å². The quantitative estimate of drug-likeness (QED) is 0.217. The highest BCUT2D eigenvalue weighted by Gasteiger charge is 1.83. The molecular formula is CH5BO4. The van der Waals surface area contributed by atoms with Gasteiger partial charge in [-0.3, -0.25) is 19.8 Å². The molecule has 6 heavy (non-hydrogen) atoms. The minimum atomic E-state index is -0.253. The Kier molecular flexibility index (Phi) is 4.83. The molecule has 1 N–H and O–H groups in total. The van der Waals surface area contributed by atoms with Crippen molar-refractivity contribution < 1.29 is 19.8 Å². The molecule has 0 saturated carbocycles. The van der Waals surface area contributed by atoms with E-state index in [-0.39, 0.29) is 7.69 Å². The first-order chi connectivity index (χ1) is 2.91. The van der Waals surface area contributed by atoms with Crippen molar-refractivity contribution >= 4 is 7.69 Å². The lowest BCUT2D eigenvalue weighted by Gasteiger charge is -1.88. The summed E-state index contributed by atoms with van der Waals surface area (Å²) >= 11 is 0. The maximum Gasteiger partial charge on any atom is 0.505 e. The van der Waals surface area contributed by atoms with Crippen LogP contribution >= 0.6 is 0 Å². The van der Waals surface area contributed by atoms with E-state index in [1.807, 2.05) is 0 Å². The molecule has 0 bridgehead atoms. The molecule has 0 saturated heterocycles. The van der Waals surface area contributed by atoms with Crippen LogP contribution in [0.3, 0.4) is 0 Å². The third-order valence-corrected chi connectivity index (χ3v) is 0.219. The van der Waals surface area contributed by atoms with E-state index in [0.29, 0.717) is 0 Å². The summed E-state index contributed by atoms with van der Waals surface area (Å²) in [6.07, 6.45) is 0. The van der Waals surface area contributed by atoms with Crippen LogP contribution in [0.2, 0.25) is 0 Å². The number of rotatable bonds is 3. The molecule has 36 valence electrons. The van der Waals surface area contributed by atoms with Gasteiger partial charge in [0, 0.05) is 0 Å². The molecule has 0 radical (unpaired) electrons. The van der Waals surface area contributed by atoms with Gasteiger partial charge in [0.1, 0.15) is 0 Å². The van der Waals surface area contributed by atoms with E-state index in [9.17, 15) is 0 Å². The second-order valence-corrected chi connectivity index (χ2v) is 0.531. The van der Waals surface area contributed by atoms with Crippen LogP contribution in [-0.2, 0) is 14.5 Å². The molecule has 0 aliphatic heterocycles. The highest BCUT2D eigenvalue weighted by Crippen LogP contribution is 1.64. The molecule has 5 heteroatoms. The Morgan fingerprint density at radius 2 is 2.33 bits per heavy atom. The van der Waals surface area contributed by atoms with E-state index in [2.05, 4.69) is 14.5 Å². The Balaban J connectivity index is 2.34. The van der Waals surface area contributed by atoms with Crippen molar-refractivity contribution in [3.05, 3.63) is 0 Å². The monoisotopic (exact) mass is 92.0 g/mol. The summed E-state index contributed by atoms with van der Waals surface area (Å²) in [5.41, 5.74) is 0. The van der Waals surface area contributed by atoms with Crippen molar-refractivity contribution in [2.24, 2.45) is 0 Å². The molecule has 0 heterocycles. The molecule has 0 aliphatic carbocycles. The molecule has 0 aromatic rings. The Bertz CT molecular complexity index is 19.5. The molecule has 0 amide bonds. The lowest BCUT2D eigenvalue weighted by molar-refractivity contribution is -0.233. The molecule has 0 aliphatic rings. The zero-order valence-electron chi connectivity index (χ0n) is 3.38. The molecule has 0 atom stereocenters. The van der Waals surface area contributed by atoms with Crippen molar-refractivity contribution in [3.63, 3.8) is 0 Å². The van der Waals surface area contributed by atoms with E-state index in [0.717, 1.165) is 0 Å². The Labute approximate surface area is 35.8 Å². The number of hydrogen-bond acceptors (Lipinski definition) is 4. The minimum absolute atomic E-state index is 0.253. The van der Waals surface area contributed by atoms with Crippen molar-refractivity contribution in [1.29, 1.82) is 0 Å². The second-order valence-electron chi connectivity index (χ2n) is 0.531. The largest absolute Gasteiger partial charge is 0.505 e. The predicted octanol–water partition coefficient (Wildman–Crippen LogP) is -0.680. The average Bonchev–Trinajstić information content (AvgIpc) is 1.61. The molecule has 0 aromatic heterocycles. The summed E-state index contributed by atoms with van der Waals surface area (Å²) in [5, 5.41) is 7.49. The van der Waals surface area contributed by atoms with Crippen molar-refractivity contribution in [1.82, 2.24) is 0 Å². The normalized spacial score (nSPS) is 8.33. The van der Waals surface area contributed by atoms with Crippen LogP contribution in [0.5, 0.6) is 0 Å². The zero-order chi connectivity index (χ0) is 4.83. The summed E-state index contributed by atoms with van der Waals surface area (Å²) in [7, 11) is 1.06. The van der Waals surface area contributed by atoms with Gasteiger partial charge >= 0.3 is 7.69 Å². The van der Waals surface area contributed by atoms with Crippen LogP contribution in [0.4, 0.5) is 0 Å². The average molecular weight is 91.9 g/mol. The first kappa shape index (κ1) is 5.90. The third kappa shape index (κ3) is 3.90. The molecule has 0 rings (SSSR count). The van der Waals surface area contributed by atoms with Crippen molar-refractivity contribution in [2.45, 2.75) is 0 Å². The lowest BCUT2D eigenvalue weighted by Crippen LogP contribution is -1.98. The first-order valence-electron chi connectivity index (χ1n) is 1.33. The fourth-order valence-corrected chi connectivity index (χ4v) is 0.0696.